The summed E-state index contributed by atoms with van der Waals surface area (Å²) in [5.41, 5.74) is 0.692. The number of methoxy groups -OCH3 is 1. The van der Waals surface area contributed by atoms with Crippen molar-refractivity contribution in [2.24, 2.45) is 0 Å². The highest BCUT2D eigenvalue weighted by atomic mass is 16.5. The SMILES string of the molecule is COc1ccc(C2(C(=O)N3CCC[C@@H]3c3n[nH]c(C)n3)CCCC2)cc1. The molecule has 0 spiro atoms. The maximum atomic E-state index is 13.7. The maximum Gasteiger partial charge on any atom is 0.233 e. The lowest BCUT2D eigenvalue weighted by atomic mass is 9.77. The summed E-state index contributed by atoms with van der Waals surface area (Å²) >= 11 is 0. The van der Waals surface area contributed by atoms with Crippen molar-refractivity contribution < 1.29 is 9.53 Å². The van der Waals surface area contributed by atoms with Crippen LogP contribution in [0.2, 0.25) is 0 Å². The highest BCUT2D eigenvalue weighted by Gasteiger charge is 2.48. The number of hydrogen-bond acceptors (Lipinski definition) is 4. The van der Waals surface area contributed by atoms with E-state index >= 15 is 0 Å². The van der Waals surface area contributed by atoms with Crippen molar-refractivity contribution in [1.29, 1.82) is 0 Å². The predicted octanol–water partition coefficient (Wildman–Crippen LogP) is 3.30. The van der Waals surface area contributed by atoms with E-state index in [9.17, 15) is 4.79 Å². The van der Waals surface area contributed by atoms with Crippen LogP contribution in [0.4, 0.5) is 0 Å². The van der Waals surface area contributed by atoms with Crippen LogP contribution >= 0.6 is 0 Å². The number of aromatic nitrogens is 3. The lowest BCUT2D eigenvalue weighted by Gasteiger charge is -2.35. The molecular formula is C20H26N4O2. The Kier molecular flexibility index (Phi) is 4.42. The molecule has 2 fully saturated rings. The Morgan fingerprint density at radius 1 is 1.23 bits per heavy atom. The second-order valence-corrected chi connectivity index (χ2v) is 7.45. The van der Waals surface area contributed by atoms with Gasteiger partial charge in [-0.15, -0.1) is 0 Å². The molecule has 1 saturated heterocycles. The largest absolute Gasteiger partial charge is 0.497 e. The number of rotatable bonds is 4. The molecule has 1 aliphatic carbocycles. The number of aryl methyl sites for hydroxylation is 1. The van der Waals surface area contributed by atoms with Gasteiger partial charge in [-0.1, -0.05) is 25.0 Å². The van der Waals surface area contributed by atoms with Gasteiger partial charge in [0.1, 0.15) is 11.6 Å². The topological polar surface area (TPSA) is 71.1 Å². The molecule has 138 valence electrons. The summed E-state index contributed by atoms with van der Waals surface area (Å²) in [7, 11) is 1.67. The molecule has 4 rings (SSSR count). The number of benzene rings is 1. The van der Waals surface area contributed by atoms with Gasteiger partial charge in [0.2, 0.25) is 5.91 Å². The van der Waals surface area contributed by atoms with Gasteiger partial charge < -0.3 is 9.64 Å². The van der Waals surface area contributed by atoms with E-state index < -0.39 is 5.41 Å². The molecule has 1 amide bonds. The van der Waals surface area contributed by atoms with Crippen LogP contribution < -0.4 is 4.74 Å². The average molecular weight is 354 g/mol. The van der Waals surface area contributed by atoms with Crippen LogP contribution in [0.3, 0.4) is 0 Å². The molecule has 1 atom stereocenters. The minimum absolute atomic E-state index is 0.0110. The summed E-state index contributed by atoms with van der Waals surface area (Å²) in [5, 5.41) is 7.24. The number of aromatic amines is 1. The lowest BCUT2D eigenvalue weighted by molar-refractivity contribution is -0.138. The Labute approximate surface area is 154 Å². The van der Waals surface area contributed by atoms with Crippen LogP contribution in [0.5, 0.6) is 5.75 Å². The average Bonchev–Trinajstić information content (AvgIpc) is 3.41. The van der Waals surface area contributed by atoms with Crippen molar-refractivity contribution in [3.63, 3.8) is 0 Å². The van der Waals surface area contributed by atoms with E-state index in [-0.39, 0.29) is 11.9 Å². The fourth-order valence-electron chi connectivity index (χ4n) is 4.58. The zero-order valence-electron chi connectivity index (χ0n) is 15.5. The van der Waals surface area contributed by atoms with E-state index in [4.69, 9.17) is 4.74 Å². The third-order valence-corrected chi connectivity index (χ3v) is 5.94. The quantitative estimate of drug-likeness (QED) is 0.914. The van der Waals surface area contributed by atoms with E-state index in [1.807, 2.05) is 24.0 Å². The van der Waals surface area contributed by atoms with Gasteiger partial charge in [0.15, 0.2) is 5.82 Å². The third-order valence-electron chi connectivity index (χ3n) is 5.94. The zero-order valence-corrected chi connectivity index (χ0v) is 15.5. The summed E-state index contributed by atoms with van der Waals surface area (Å²) in [5.74, 6) is 2.61. The van der Waals surface area contributed by atoms with Gasteiger partial charge in [0.25, 0.3) is 0 Å². The van der Waals surface area contributed by atoms with E-state index in [0.29, 0.717) is 0 Å². The first-order valence-corrected chi connectivity index (χ1v) is 9.48. The first kappa shape index (κ1) is 17.1. The molecule has 0 unspecified atom stereocenters. The van der Waals surface area contributed by atoms with Crippen LogP contribution in [0.1, 0.15) is 61.8 Å². The first-order chi connectivity index (χ1) is 12.6. The summed E-state index contributed by atoms with van der Waals surface area (Å²) in [6, 6.07) is 8.03. The second-order valence-electron chi connectivity index (χ2n) is 7.45. The van der Waals surface area contributed by atoms with Crippen molar-refractivity contribution in [1.82, 2.24) is 20.1 Å². The Morgan fingerprint density at radius 2 is 1.96 bits per heavy atom. The molecule has 1 saturated carbocycles. The molecule has 1 aliphatic heterocycles. The summed E-state index contributed by atoms with van der Waals surface area (Å²) in [6.45, 7) is 2.68. The molecule has 2 aliphatic rings. The number of carbonyl (C=O) groups excluding carboxylic acids is 1. The standard InChI is InChI=1S/C20H26N4O2/c1-14-21-18(23-22-14)17-6-5-13-24(17)19(25)20(11-3-4-12-20)15-7-9-16(26-2)10-8-15/h7-10,17H,3-6,11-13H2,1-2H3,(H,21,22,23)/t17-/m1/s1. The highest BCUT2D eigenvalue weighted by Crippen LogP contribution is 2.45. The van der Waals surface area contributed by atoms with Gasteiger partial charge in [0.05, 0.1) is 18.6 Å². The van der Waals surface area contributed by atoms with E-state index in [2.05, 4.69) is 27.3 Å². The molecule has 1 aromatic carbocycles. The minimum Gasteiger partial charge on any atom is -0.497 e. The third kappa shape index (κ3) is 2.77. The summed E-state index contributed by atoms with van der Waals surface area (Å²) in [6.07, 6.45) is 5.94. The van der Waals surface area contributed by atoms with Gasteiger partial charge >= 0.3 is 0 Å². The summed E-state index contributed by atoms with van der Waals surface area (Å²) < 4.78 is 5.29. The highest BCUT2D eigenvalue weighted by molar-refractivity contribution is 5.89. The van der Waals surface area contributed by atoms with Gasteiger partial charge in [-0.3, -0.25) is 9.89 Å². The van der Waals surface area contributed by atoms with Crippen LogP contribution in [0, 0.1) is 6.92 Å². The molecule has 0 bridgehead atoms. The number of hydrogen-bond donors (Lipinski definition) is 1. The number of H-pyrrole nitrogens is 1. The number of nitrogens with one attached hydrogen (secondary N) is 1. The summed E-state index contributed by atoms with van der Waals surface area (Å²) in [4.78, 5) is 20.3. The number of amides is 1. The fraction of sp³-hybridized carbons (Fsp3) is 0.550. The number of ether oxygens (including phenoxy) is 1. The molecule has 0 radical (unpaired) electrons. The molecule has 1 N–H and O–H groups in total. The molecule has 2 heterocycles. The molecular weight excluding hydrogens is 328 g/mol. The smallest absolute Gasteiger partial charge is 0.233 e. The van der Waals surface area contributed by atoms with Crippen molar-refractivity contribution in [3.8, 4) is 5.75 Å². The molecule has 6 nitrogen and oxygen atoms in total. The molecule has 2 aromatic rings. The lowest BCUT2D eigenvalue weighted by Crippen LogP contribution is -2.45. The Balaban J connectivity index is 1.66. The fourth-order valence-corrected chi connectivity index (χ4v) is 4.58. The Morgan fingerprint density at radius 3 is 2.58 bits per heavy atom. The Hall–Kier alpha value is -2.37. The van der Waals surface area contributed by atoms with Crippen molar-refractivity contribution >= 4 is 5.91 Å². The van der Waals surface area contributed by atoms with Crippen LogP contribution in [0.15, 0.2) is 24.3 Å². The van der Waals surface area contributed by atoms with Crippen molar-refractivity contribution in [2.45, 2.75) is 56.9 Å². The molecule has 1 aromatic heterocycles. The Bertz CT molecular complexity index is 777. The second kappa shape index (κ2) is 6.74. The number of nitrogens with zero attached hydrogens (tertiary/aromatic N) is 3. The van der Waals surface area contributed by atoms with Gasteiger partial charge in [0, 0.05) is 6.54 Å². The first-order valence-electron chi connectivity index (χ1n) is 9.48. The van der Waals surface area contributed by atoms with E-state index in [0.717, 1.165) is 68.0 Å². The number of likely N-dealkylation sites (tertiary alicyclic amines) is 1. The van der Waals surface area contributed by atoms with E-state index in [1.54, 1.807) is 7.11 Å². The zero-order chi connectivity index (χ0) is 18.1. The van der Waals surface area contributed by atoms with E-state index in [1.165, 1.54) is 0 Å². The maximum absolute atomic E-state index is 13.7. The normalized spacial score (nSPS) is 21.9. The number of carbonyl (C=O) groups is 1. The van der Waals surface area contributed by atoms with Gasteiger partial charge in [-0.25, -0.2) is 4.98 Å². The van der Waals surface area contributed by atoms with Crippen LogP contribution in [-0.4, -0.2) is 39.6 Å². The molecule has 6 heteroatoms. The van der Waals surface area contributed by atoms with Crippen LogP contribution in [-0.2, 0) is 10.2 Å². The minimum atomic E-state index is -0.416. The molecule has 26 heavy (non-hydrogen) atoms. The van der Waals surface area contributed by atoms with Crippen molar-refractivity contribution in [3.05, 3.63) is 41.5 Å². The van der Waals surface area contributed by atoms with Gasteiger partial charge in [-0.05, 0) is 50.3 Å². The van der Waals surface area contributed by atoms with Crippen LogP contribution in [0.25, 0.3) is 0 Å². The predicted molar refractivity (Wildman–Crippen MR) is 97.9 cm³/mol. The van der Waals surface area contributed by atoms with Crippen molar-refractivity contribution in [2.75, 3.05) is 13.7 Å². The van der Waals surface area contributed by atoms with Gasteiger partial charge in [-0.2, -0.15) is 5.10 Å². The monoisotopic (exact) mass is 354 g/mol.